The van der Waals surface area contributed by atoms with E-state index < -0.39 is 5.82 Å². The molecule has 2 saturated heterocycles. The number of nitrogens with zero attached hydrogens (tertiary/aromatic N) is 2. The van der Waals surface area contributed by atoms with Crippen LogP contribution in [0.2, 0.25) is 5.02 Å². The van der Waals surface area contributed by atoms with Gasteiger partial charge in [-0.2, -0.15) is 0 Å². The summed E-state index contributed by atoms with van der Waals surface area (Å²) in [7, 11) is 0. The van der Waals surface area contributed by atoms with Crippen molar-refractivity contribution in [3.8, 4) is 5.75 Å². The predicted molar refractivity (Wildman–Crippen MR) is 138 cm³/mol. The minimum Gasteiger partial charge on any atom is -0.493 e. The van der Waals surface area contributed by atoms with E-state index in [1.165, 1.54) is 17.2 Å². The van der Waals surface area contributed by atoms with E-state index in [1.54, 1.807) is 11.0 Å². The Hall–Kier alpha value is -2.11. The van der Waals surface area contributed by atoms with Crippen molar-refractivity contribution in [1.82, 2.24) is 9.80 Å². The maximum absolute atomic E-state index is 15.1. The van der Waals surface area contributed by atoms with E-state index in [1.807, 2.05) is 6.07 Å². The number of amides is 1. The summed E-state index contributed by atoms with van der Waals surface area (Å²) in [5.74, 6) is 1.32. The topological polar surface area (TPSA) is 32.8 Å². The summed E-state index contributed by atoms with van der Waals surface area (Å²) >= 11 is 6.22. The zero-order valence-electron chi connectivity index (χ0n) is 20.9. The summed E-state index contributed by atoms with van der Waals surface area (Å²) in [6.45, 7) is 9.19. The molecule has 0 bridgehead atoms. The van der Waals surface area contributed by atoms with Gasteiger partial charge in [0.15, 0.2) is 0 Å². The van der Waals surface area contributed by atoms with Gasteiger partial charge in [0.2, 0.25) is 0 Å². The smallest absolute Gasteiger partial charge is 0.256 e. The van der Waals surface area contributed by atoms with Crippen LogP contribution in [-0.2, 0) is 6.54 Å². The molecule has 0 radical (unpaired) electrons. The van der Waals surface area contributed by atoms with Gasteiger partial charge in [-0.15, -0.1) is 0 Å². The summed E-state index contributed by atoms with van der Waals surface area (Å²) in [4.78, 5) is 17.2. The second-order valence-electron chi connectivity index (χ2n) is 11.0. The molecule has 2 aromatic carbocycles. The summed E-state index contributed by atoms with van der Waals surface area (Å²) in [6.07, 6.45) is 5.27. The zero-order chi connectivity index (χ0) is 24.5. The van der Waals surface area contributed by atoms with Gasteiger partial charge in [0.25, 0.3) is 5.91 Å². The number of rotatable bonds is 7. The minimum atomic E-state index is -0.458. The van der Waals surface area contributed by atoms with Gasteiger partial charge >= 0.3 is 0 Å². The molecule has 1 aliphatic carbocycles. The van der Waals surface area contributed by atoms with Crippen molar-refractivity contribution in [1.29, 1.82) is 0 Å². The van der Waals surface area contributed by atoms with Gasteiger partial charge in [-0.05, 0) is 105 Å². The highest BCUT2D eigenvalue weighted by Gasteiger charge is 2.32. The van der Waals surface area contributed by atoms with Gasteiger partial charge in [0.1, 0.15) is 11.6 Å². The number of benzene rings is 2. The first-order valence-electron chi connectivity index (χ1n) is 13.1. The Kier molecular flexibility index (Phi) is 7.36. The molecule has 3 aliphatic rings. The van der Waals surface area contributed by atoms with Crippen molar-refractivity contribution in [3.63, 3.8) is 0 Å². The van der Waals surface area contributed by atoms with Crippen molar-refractivity contribution < 1.29 is 13.9 Å². The van der Waals surface area contributed by atoms with E-state index in [9.17, 15) is 4.79 Å². The number of halogens is 2. The lowest BCUT2D eigenvalue weighted by Gasteiger charge is -2.32. The third-order valence-electron chi connectivity index (χ3n) is 7.75. The first-order chi connectivity index (χ1) is 16.9. The molecular formula is C29H36ClFN2O2. The summed E-state index contributed by atoms with van der Waals surface area (Å²) < 4.78 is 21.3. The Morgan fingerprint density at radius 3 is 2.49 bits per heavy atom. The molecule has 0 N–H and O–H groups in total. The normalized spacial score (nSPS) is 21.5. The van der Waals surface area contributed by atoms with Crippen LogP contribution in [0.3, 0.4) is 0 Å². The van der Waals surface area contributed by atoms with Crippen LogP contribution in [0.5, 0.6) is 5.75 Å². The number of hydrogen-bond acceptors (Lipinski definition) is 3. The molecule has 1 amide bonds. The molecule has 35 heavy (non-hydrogen) atoms. The quantitative estimate of drug-likeness (QED) is 0.440. The van der Waals surface area contributed by atoms with Crippen LogP contribution in [-0.4, -0.2) is 48.5 Å². The van der Waals surface area contributed by atoms with Crippen molar-refractivity contribution >= 4 is 17.5 Å². The molecule has 2 aromatic rings. The van der Waals surface area contributed by atoms with E-state index in [2.05, 4.69) is 30.9 Å². The number of piperidine rings is 1. The molecule has 5 rings (SSSR count). The molecule has 0 spiro atoms. The van der Waals surface area contributed by atoms with Gasteiger partial charge in [-0.3, -0.25) is 9.69 Å². The fourth-order valence-electron chi connectivity index (χ4n) is 5.54. The average molecular weight is 499 g/mol. The van der Waals surface area contributed by atoms with Crippen LogP contribution in [0.15, 0.2) is 30.3 Å². The minimum absolute atomic E-state index is 0.178. The Morgan fingerprint density at radius 1 is 1.06 bits per heavy atom. The van der Waals surface area contributed by atoms with Gasteiger partial charge < -0.3 is 9.64 Å². The first-order valence-corrected chi connectivity index (χ1v) is 13.5. The van der Waals surface area contributed by atoms with Gasteiger partial charge in [-0.25, -0.2) is 4.39 Å². The van der Waals surface area contributed by atoms with Crippen LogP contribution < -0.4 is 4.74 Å². The van der Waals surface area contributed by atoms with E-state index in [-0.39, 0.29) is 11.5 Å². The van der Waals surface area contributed by atoms with Crippen LogP contribution in [0.1, 0.15) is 72.0 Å². The number of hydrogen-bond donors (Lipinski definition) is 0. The van der Waals surface area contributed by atoms with E-state index in [0.717, 1.165) is 62.3 Å². The first kappa shape index (κ1) is 24.6. The lowest BCUT2D eigenvalue weighted by atomic mass is 9.97. The lowest BCUT2D eigenvalue weighted by Crippen LogP contribution is -2.35. The molecule has 4 nitrogen and oxygen atoms in total. The summed E-state index contributed by atoms with van der Waals surface area (Å²) in [6, 6.07) is 9.49. The fraction of sp³-hybridized carbons (Fsp3) is 0.552. The van der Waals surface area contributed by atoms with Gasteiger partial charge in [0, 0.05) is 30.7 Å². The fourth-order valence-corrected chi connectivity index (χ4v) is 5.86. The molecule has 0 aromatic heterocycles. The van der Waals surface area contributed by atoms with E-state index in [4.69, 9.17) is 16.3 Å². The van der Waals surface area contributed by atoms with Crippen LogP contribution >= 0.6 is 11.6 Å². The van der Waals surface area contributed by atoms with Crippen LogP contribution in [0, 0.1) is 24.6 Å². The second-order valence-corrected chi connectivity index (χ2v) is 11.4. The third kappa shape index (κ3) is 6.00. The summed E-state index contributed by atoms with van der Waals surface area (Å²) in [5, 5.41) is 0.796. The third-order valence-corrected chi connectivity index (χ3v) is 7.97. The van der Waals surface area contributed by atoms with E-state index >= 15 is 4.39 Å². The zero-order valence-corrected chi connectivity index (χ0v) is 21.6. The largest absolute Gasteiger partial charge is 0.493 e. The van der Waals surface area contributed by atoms with Crippen molar-refractivity contribution in [2.24, 2.45) is 11.8 Å². The molecule has 2 aliphatic heterocycles. The average Bonchev–Trinajstić information content (AvgIpc) is 3.57. The molecule has 1 saturated carbocycles. The number of likely N-dealkylation sites (tertiary alicyclic amines) is 2. The van der Waals surface area contributed by atoms with Crippen LogP contribution in [0.25, 0.3) is 0 Å². The Morgan fingerprint density at radius 2 is 1.83 bits per heavy atom. The molecule has 1 unspecified atom stereocenters. The number of ether oxygens (including phenoxy) is 1. The maximum atomic E-state index is 15.1. The molecule has 1 atom stereocenters. The van der Waals surface area contributed by atoms with Crippen molar-refractivity contribution in [2.45, 2.75) is 58.4 Å². The Bertz CT molecular complexity index is 1060. The molecule has 6 heteroatoms. The highest BCUT2D eigenvalue weighted by molar-refractivity contribution is 6.30. The number of aryl methyl sites for hydroxylation is 1. The number of carbonyl (C=O) groups is 1. The number of carbonyl (C=O) groups excluding carboxylic acids is 1. The Labute approximate surface area is 213 Å². The van der Waals surface area contributed by atoms with Crippen molar-refractivity contribution in [2.75, 3.05) is 32.8 Å². The van der Waals surface area contributed by atoms with Gasteiger partial charge in [-0.1, -0.05) is 24.6 Å². The maximum Gasteiger partial charge on any atom is 0.256 e. The van der Waals surface area contributed by atoms with Gasteiger partial charge in [0.05, 0.1) is 12.2 Å². The molecule has 2 heterocycles. The van der Waals surface area contributed by atoms with Crippen LogP contribution in [0.4, 0.5) is 4.39 Å². The molecule has 3 fully saturated rings. The Balaban J connectivity index is 1.18. The van der Waals surface area contributed by atoms with Crippen molar-refractivity contribution in [3.05, 3.63) is 63.4 Å². The standard InChI is InChI=1S/C29H36ClFN2O2/c1-19-5-10-33(16-19)29(34)26-14-25(23-3-4-23)28(15-27(26)31)35-18-21-6-8-32(9-7-21)17-22-11-20(2)12-24(30)13-22/h11-15,19,21,23H,3-10,16-18H2,1-2H3. The lowest BCUT2D eigenvalue weighted by molar-refractivity contribution is 0.0783. The second kappa shape index (κ2) is 10.5. The van der Waals surface area contributed by atoms with E-state index in [0.29, 0.717) is 43.2 Å². The highest BCUT2D eigenvalue weighted by atomic mass is 35.5. The highest BCUT2D eigenvalue weighted by Crippen LogP contribution is 2.45. The predicted octanol–water partition coefficient (Wildman–Crippen LogP) is 6.44. The summed E-state index contributed by atoms with van der Waals surface area (Å²) in [5.41, 5.74) is 3.66. The molecular weight excluding hydrogens is 463 g/mol. The SMILES string of the molecule is Cc1cc(Cl)cc(CN2CCC(COc3cc(F)c(C(=O)N4CCC(C)C4)cc3C3CC3)CC2)c1. The monoisotopic (exact) mass is 498 g/mol. The molecule has 188 valence electrons.